The molecule has 4 rings (SSSR count). The number of carbonyl (C=O) groups is 2. The summed E-state index contributed by atoms with van der Waals surface area (Å²) in [4.78, 5) is 27.2. The van der Waals surface area contributed by atoms with Gasteiger partial charge in [-0.15, -0.1) is 0 Å². The minimum absolute atomic E-state index is 0.00186. The number of anilines is 1. The Bertz CT molecular complexity index is 1110. The van der Waals surface area contributed by atoms with Gasteiger partial charge in [-0.3, -0.25) is 4.79 Å². The summed E-state index contributed by atoms with van der Waals surface area (Å²) >= 11 is 0. The number of ether oxygens (including phenoxy) is 1. The van der Waals surface area contributed by atoms with Crippen LogP contribution in [0.3, 0.4) is 0 Å². The van der Waals surface area contributed by atoms with Crippen LogP contribution in [0.25, 0.3) is 0 Å². The zero-order valence-corrected chi connectivity index (χ0v) is 18.3. The maximum Gasteiger partial charge on any atom is 0.315 e. The van der Waals surface area contributed by atoms with Gasteiger partial charge in [0.25, 0.3) is 5.91 Å². The lowest BCUT2D eigenvalue weighted by Gasteiger charge is -2.23. The molecule has 0 saturated heterocycles. The lowest BCUT2D eigenvalue weighted by molar-refractivity contribution is 0.0981. The van der Waals surface area contributed by atoms with Gasteiger partial charge in [-0.1, -0.05) is 42.5 Å². The number of benzene rings is 3. The SMILES string of the molecule is COc1cccc(CNC(=O)NCc2ccc3c(c2)N(C(=O)c2ccccc2)C(C)C3)c1. The van der Waals surface area contributed by atoms with Gasteiger partial charge in [0.15, 0.2) is 0 Å². The third-order valence-corrected chi connectivity index (χ3v) is 5.65. The van der Waals surface area contributed by atoms with Crippen molar-refractivity contribution in [3.8, 4) is 5.75 Å². The third-order valence-electron chi connectivity index (χ3n) is 5.65. The van der Waals surface area contributed by atoms with E-state index in [0.717, 1.165) is 34.5 Å². The average Bonchev–Trinajstić information content (AvgIpc) is 3.16. The number of fused-ring (bicyclic) bond motifs is 1. The van der Waals surface area contributed by atoms with Crippen LogP contribution < -0.4 is 20.3 Å². The van der Waals surface area contributed by atoms with Crippen molar-refractivity contribution in [2.75, 3.05) is 12.0 Å². The van der Waals surface area contributed by atoms with Crippen molar-refractivity contribution in [3.05, 3.63) is 95.1 Å². The van der Waals surface area contributed by atoms with Crippen molar-refractivity contribution in [3.63, 3.8) is 0 Å². The number of hydrogen-bond acceptors (Lipinski definition) is 3. The van der Waals surface area contributed by atoms with E-state index in [0.29, 0.717) is 18.7 Å². The summed E-state index contributed by atoms with van der Waals surface area (Å²) in [6.07, 6.45) is 0.822. The molecule has 1 aliphatic heterocycles. The first kappa shape index (κ1) is 21.4. The number of urea groups is 1. The quantitative estimate of drug-likeness (QED) is 0.614. The second kappa shape index (κ2) is 9.56. The maximum atomic E-state index is 13.1. The summed E-state index contributed by atoms with van der Waals surface area (Å²) < 4.78 is 5.21. The Morgan fingerprint density at radius 2 is 1.66 bits per heavy atom. The van der Waals surface area contributed by atoms with E-state index in [1.165, 1.54) is 0 Å². The largest absolute Gasteiger partial charge is 0.497 e. The molecule has 2 N–H and O–H groups in total. The molecule has 6 nitrogen and oxygen atoms in total. The van der Waals surface area contributed by atoms with Crippen molar-refractivity contribution in [1.29, 1.82) is 0 Å². The Hall–Kier alpha value is -3.80. The number of nitrogens with one attached hydrogen (secondary N) is 2. The van der Waals surface area contributed by atoms with Gasteiger partial charge in [0.1, 0.15) is 5.75 Å². The fourth-order valence-corrected chi connectivity index (χ4v) is 4.00. The lowest BCUT2D eigenvalue weighted by Crippen LogP contribution is -2.36. The van der Waals surface area contributed by atoms with Crippen molar-refractivity contribution >= 4 is 17.6 Å². The summed E-state index contributed by atoms with van der Waals surface area (Å²) in [6, 6.07) is 22.8. The molecule has 1 aliphatic rings. The van der Waals surface area contributed by atoms with Crippen molar-refractivity contribution in [2.24, 2.45) is 0 Å². The van der Waals surface area contributed by atoms with Crippen LogP contribution in [0.2, 0.25) is 0 Å². The standard InChI is InChI=1S/C26H27N3O3/c1-18-13-22-12-11-20(15-24(22)29(18)25(30)21-8-4-3-5-9-21)17-28-26(31)27-16-19-7-6-10-23(14-19)32-2/h3-12,14-15,18H,13,16-17H2,1-2H3,(H2,27,28,31). The fourth-order valence-electron chi connectivity index (χ4n) is 4.00. The van der Waals surface area contributed by atoms with E-state index in [9.17, 15) is 9.59 Å². The van der Waals surface area contributed by atoms with Gasteiger partial charge in [0, 0.05) is 30.4 Å². The highest BCUT2D eigenvalue weighted by Crippen LogP contribution is 2.34. The first-order valence-corrected chi connectivity index (χ1v) is 10.7. The van der Waals surface area contributed by atoms with E-state index in [1.807, 2.05) is 71.6 Å². The number of carbonyl (C=O) groups excluding carboxylic acids is 2. The smallest absolute Gasteiger partial charge is 0.315 e. The van der Waals surface area contributed by atoms with Crippen LogP contribution in [0.15, 0.2) is 72.8 Å². The van der Waals surface area contributed by atoms with Gasteiger partial charge in [0.05, 0.1) is 7.11 Å². The van der Waals surface area contributed by atoms with E-state index in [4.69, 9.17) is 4.74 Å². The molecular weight excluding hydrogens is 402 g/mol. The Morgan fingerprint density at radius 1 is 0.938 bits per heavy atom. The molecule has 0 fully saturated rings. The molecule has 3 aromatic carbocycles. The second-order valence-electron chi connectivity index (χ2n) is 7.95. The molecule has 32 heavy (non-hydrogen) atoms. The van der Waals surface area contributed by atoms with Crippen LogP contribution in [-0.4, -0.2) is 25.1 Å². The van der Waals surface area contributed by atoms with Crippen LogP contribution in [-0.2, 0) is 19.5 Å². The van der Waals surface area contributed by atoms with Gasteiger partial charge < -0.3 is 20.3 Å². The molecule has 0 bridgehead atoms. The van der Waals surface area contributed by atoms with Gasteiger partial charge in [-0.25, -0.2) is 4.79 Å². The molecule has 1 heterocycles. The van der Waals surface area contributed by atoms with E-state index in [2.05, 4.69) is 23.6 Å². The first-order chi connectivity index (χ1) is 15.5. The molecular formula is C26H27N3O3. The third kappa shape index (κ3) is 4.75. The Kier molecular flexibility index (Phi) is 6.40. The zero-order valence-electron chi connectivity index (χ0n) is 18.3. The number of methoxy groups -OCH3 is 1. The minimum Gasteiger partial charge on any atom is -0.497 e. The first-order valence-electron chi connectivity index (χ1n) is 10.7. The van der Waals surface area contributed by atoms with Crippen molar-refractivity contribution < 1.29 is 14.3 Å². The molecule has 0 radical (unpaired) electrons. The molecule has 0 aromatic heterocycles. The van der Waals surface area contributed by atoms with Crippen LogP contribution >= 0.6 is 0 Å². The summed E-state index contributed by atoms with van der Waals surface area (Å²) in [5.41, 5.74) is 4.64. The molecule has 164 valence electrons. The van der Waals surface area contributed by atoms with E-state index < -0.39 is 0 Å². The van der Waals surface area contributed by atoms with Crippen molar-refractivity contribution in [2.45, 2.75) is 32.5 Å². The monoisotopic (exact) mass is 429 g/mol. The zero-order chi connectivity index (χ0) is 22.5. The maximum absolute atomic E-state index is 13.1. The average molecular weight is 430 g/mol. The topological polar surface area (TPSA) is 70.7 Å². The van der Waals surface area contributed by atoms with Gasteiger partial charge in [0.2, 0.25) is 0 Å². The van der Waals surface area contributed by atoms with Gasteiger partial charge in [-0.05, 0) is 60.4 Å². The molecule has 0 aliphatic carbocycles. The summed E-state index contributed by atoms with van der Waals surface area (Å²) in [5, 5.41) is 5.75. The highest BCUT2D eigenvalue weighted by Gasteiger charge is 2.31. The number of rotatable bonds is 6. The molecule has 0 spiro atoms. The summed E-state index contributed by atoms with van der Waals surface area (Å²) in [7, 11) is 1.62. The normalized spacial score (nSPS) is 14.6. The fraction of sp³-hybridized carbons (Fsp3) is 0.231. The number of nitrogens with zero attached hydrogens (tertiary/aromatic N) is 1. The number of hydrogen-bond donors (Lipinski definition) is 2. The van der Waals surface area contributed by atoms with Crippen LogP contribution in [0.4, 0.5) is 10.5 Å². The van der Waals surface area contributed by atoms with Gasteiger partial charge in [-0.2, -0.15) is 0 Å². The molecule has 3 amide bonds. The van der Waals surface area contributed by atoms with Crippen LogP contribution in [0.5, 0.6) is 5.75 Å². The van der Waals surface area contributed by atoms with E-state index in [1.54, 1.807) is 7.11 Å². The van der Waals surface area contributed by atoms with Crippen molar-refractivity contribution in [1.82, 2.24) is 10.6 Å². The molecule has 6 heteroatoms. The lowest BCUT2D eigenvalue weighted by atomic mass is 10.1. The predicted octanol–water partition coefficient (Wildman–Crippen LogP) is 4.29. The van der Waals surface area contributed by atoms with E-state index >= 15 is 0 Å². The second-order valence-corrected chi connectivity index (χ2v) is 7.95. The molecule has 1 atom stereocenters. The minimum atomic E-state index is -0.251. The van der Waals surface area contributed by atoms with E-state index in [-0.39, 0.29) is 18.0 Å². The van der Waals surface area contributed by atoms with Gasteiger partial charge >= 0.3 is 6.03 Å². The Labute approximate surface area is 188 Å². The molecule has 3 aromatic rings. The predicted molar refractivity (Wildman–Crippen MR) is 125 cm³/mol. The molecule has 1 unspecified atom stereocenters. The summed E-state index contributed by atoms with van der Waals surface area (Å²) in [6.45, 7) is 2.84. The molecule has 0 saturated carbocycles. The summed E-state index contributed by atoms with van der Waals surface area (Å²) in [5.74, 6) is 0.754. The number of amides is 3. The highest BCUT2D eigenvalue weighted by atomic mass is 16.5. The highest BCUT2D eigenvalue weighted by molar-refractivity contribution is 6.07. The van der Waals surface area contributed by atoms with Crippen LogP contribution in [0.1, 0.15) is 34.0 Å². The Morgan fingerprint density at radius 3 is 2.38 bits per heavy atom. The van der Waals surface area contributed by atoms with Crippen LogP contribution in [0, 0.1) is 0 Å². The Balaban J connectivity index is 1.39.